The Hall–Kier alpha value is -0.900. The first-order valence-electron chi connectivity index (χ1n) is 5.76. The number of halogens is 2. The van der Waals surface area contributed by atoms with Crippen LogP contribution in [0.25, 0.3) is 0 Å². The van der Waals surface area contributed by atoms with Crippen molar-refractivity contribution >= 4 is 27.5 Å². The molecule has 0 amide bonds. The van der Waals surface area contributed by atoms with Gasteiger partial charge in [-0.25, -0.2) is 0 Å². The molecule has 2 nitrogen and oxygen atoms in total. The molecule has 0 saturated heterocycles. The molecule has 3 rings (SSSR count). The molecule has 1 heterocycles. The Morgan fingerprint density at radius 1 is 1.22 bits per heavy atom. The Morgan fingerprint density at radius 2 is 2.00 bits per heavy atom. The fourth-order valence-corrected chi connectivity index (χ4v) is 2.99. The SMILES string of the molecule is O[C@@H]1c2ccc(Cl)cc2CCc2cc(Br)cnc21. The largest absolute Gasteiger partial charge is 0.382 e. The van der Waals surface area contributed by atoms with E-state index in [0.29, 0.717) is 5.02 Å². The molecule has 2 aromatic rings. The molecule has 1 aliphatic rings. The molecule has 0 aliphatic heterocycles. The third kappa shape index (κ3) is 2.07. The summed E-state index contributed by atoms with van der Waals surface area (Å²) in [7, 11) is 0. The van der Waals surface area contributed by atoms with Crippen molar-refractivity contribution in [3.05, 3.63) is 62.3 Å². The van der Waals surface area contributed by atoms with Gasteiger partial charge >= 0.3 is 0 Å². The Bertz CT molecular complexity index is 561. The van der Waals surface area contributed by atoms with Gasteiger partial charge in [0.15, 0.2) is 0 Å². The molecule has 0 saturated carbocycles. The quantitative estimate of drug-likeness (QED) is 0.802. The van der Waals surface area contributed by atoms with Gasteiger partial charge < -0.3 is 5.11 Å². The lowest BCUT2D eigenvalue weighted by Gasteiger charge is -2.13. The molecule has 4 heteroatoms. The molecular weight excluding hydrogens is 314 g/mol. The summed E-state index contributed by atoms with van der Waals surface area (Å²) in [6, 6.07) is 7.66. The van der Waals surface area contributed by atoms with Crippen LogP contribution in [0.1, 0.15) is 28.5 Å². The van der Waals surface area contributed by atoms with Gasteiger partial charge in [-0.3, -0.25) is 4.98 Å². The van der Waals surface area contributed by atoms with E-state index in [9.17, 15) is 5.11 Å². The van der Waals surface area contributed by atoms with Crippen molar-refractivity contribution in [2.45, 2.75) is 18.9 Å². The van der Waals surface area contributed by atoms with Crippen molar-refractivity contribution in [3.63, 3.8) is 0 Å². The van der Waals surface area contributed by atoms with Gasteiger partial charge in [-0.1, -0.05) is 17.7 Å². The van der Waals surface area contributed by atoms with E-state index in [2.05, 4.69) is 20.9 Å². The van der Waals surface area contributed by atoms with Crippen LogP contribution in [0.5, 0.6) is 0 Å². The smallest absolute Gasteiger partial charge is 0.121 e. The second kappa shape index (κ2) is 4.65. The summed E-state index contributed by atoms with van der Waals surface area (Å²) in [5.41, 5.74) is 3.85. The molecule has 0 fully saturated rings. The molecule has 1 N–H and O–H groups in total. The molecule has 0 radical (unpaired) electrons. The third-order valence-electron chi connectivity index (χ3n) is 3.29. The fourth-order valence-electron chi connectivity index (χ4n) is 2.41. The summed E-state index contributed by atoms with van der Waals surface area (Å²) in [5.74, 6) is 0. The molecule has 1 aliphatic carbocycles. The highest BCUT2D eigenvalue weighted by Gasteiger charge is 2.23. The second-order valence-electron chi connectivity index (χ2n) is 4.44. The van der Waals surface area contributed by atoms with Gasteiger partial charge in [-0.2, -0.15) is 0 Å². The number of nitrogens with zero attached hydrogens (tertiary/aromatic N) is 1. The summed E-state index contributed by atoms with van der Waals surface area (Å²) >= 11 is 9.43. The minimum absolute atomic E-state index is 0.664. The van der Waals surface area contributed by atoms with Crippen molar-refractivity contribution in [1.29, 1.82) is 0 Å². The molecule has 92 valence electrons. The summed E-state index contributed by atoms with van der Waals surface area (Å²) < 4.78 is 0.942. The van der Waals surface area contributed by atoms with Crippen LogP contribution in [0.15, 0.2) is 34.9 Å². The van der Waals surface area contributed by atoms with Crippen LogP contribution in [-0.2, 0) is 12.8 Å². The first-order chi connectivity index (χ1) is 8.65. The molecule has 0 bridgehead atoms. The van der Waals surface area contributed by atoms with Crippen molar-refractivity contribution in [2.75, 3.05) is 0 Å². The van der Waals surface area contributed by atoms with Crippen LogP contribution in [-0.4, -0.2) is 10.1 Å². The Kier molecular flexibility index (Phi) is 3.14. The predicted molar refractivity (Wildman–Crippen MR) is 74.9 cm³/mol. The summed E-state index contributed by atoms with van der Waals surface area (Å²) in [6.07, 6.45) is 2.80. The zero-order valence-electron chi connectivity index (χ0n) is 9.53. The van der Waals surface area contributed by atoms with Crippen LogP contribution in [0.3, 0.4) is 0 Å². The average molecular weight is 325 g/mol. The van der Waals surface area contributed by atoms with Gasteiger partial charge in [0.25, 0.3) is 0 Å². The number of aromatic nitrogens is 1. The normalized spacial score (nSPS) is 17.8. The number of fused-ring (bicyclic) bond motifs is 2. The zero-order chi connectivity index (χ0) is 12.7. The van der Waals surface area contributed by atoms with Crippen LogP contribution < -0.4 is 0 Å². The maximum absolute atomic E-state index is 10.5. The number of aryl methyl sites for hydroxylation is 2. The van der Waals surface area contributed by atoms with Crippen LogP contribution in [0, 0.1) is 0 Å². The average Bonchev–Trinajstić information content (AvgIpc) is 2.47. The van der Waals surface area contributed by atoms with Crippen LogP contribution in [0.2, 0.25) is 5.02 Å². The number of aliphatic hydroxyl groups excluding tert-OH is 1. The minimum Gasteiger partial charge on any atom is -0.382 e. The van der Waals surface area contributed by atoms with Crippen molar-refractivity contribution in [2.24, 2.45) is 0 Å². The topological polar surface area (TPSA) is 33.1 Å². The number of hydrogen-bond acceptors (Lipinski definition) is 2. The zero-order valence-corrected chi connectivity index (χ0v) is 11.9. The van der Waals surface area contributed by atoms with Gasteiger partial charge in [0.05, 0.1) is 5.69 Å². The van der Waals surface area contributed by atoms with E-state index >= 15 is 0 Å². The Labute approximate surface area is 119 Å². The summed E-state index contributed by atoms with van der Waals surface area (Å²) in [5, 5.41) is 11.2. The lowest BCUT2D eigenvalue weighted by atomic mass is 10.0. The predicted octanol–water partition coefficient (Wildman–Crippen LogP) is 3.68. The second-order valence-corrected chi connectivity index (χ2v) is 5.80. The lowest BCUT2D eigenvalue weighted by Crippen LogP contribution is -2.05. The van der Waals surface area contributed by atoms with Crippen LogP contribution in [0.4, 0.5) is 0 Å². The fraction of sp³-hybridized carbons (Fsp3) is 0.214. The molecule has 0 spiro atoms. The number of hydrogen-bond donors (Lipinski definition) is 1. The lowest BCUT2D eigenvalue weighted by molar-refractivity contribution is 0.214. The van der Waals surface area contributed by atoms with E-state index in [4.69, 9.17) is 11.6 Å². The maximum Gasteiger partial charge on any atom is 0.121 e. The van der Waals surface area contributed by atoms with Crippen molar-refractivity contribution < 1.29 is 5.11 Å². The number of pyridine rings is 1. The van der Waals surface area contributed by atoms with Crippen LogP contribution >= 0.6 is 27.5 Å². The van der Waals surface area contributed by atoms with Crippen molar-refractivity contribution in [3.8, 4) is 0 Å². The van der Waals surface area contributed by atoms with Crippen molar-refractivity contribution in [1.82, 2.24) is 4.98 Å². The standard InChI is InChI=1S/C14H11BrClNO/c15-10-5-9-2-1-8-6-11(16)3-4-12(8)14(18)13(9)17-7-10/h3-7,14,18H,1-2H2/t14-/m1/s1. The first kappa shape index (κ1) is 12.2. The van der Waals surface area contributed by atoms with Gasteiger partial charge in [0.1, 0.15) is 6.10 Å². The molecule has 0 unspecified atom stereocenters. The van der Waals surface area contributed by atoms with Gasteiger partial charge in [-0.05, 0) is 63.7 Å². The third-order valence-corrected chi connectivity index (χ3v) is 3.96. The molecule has 18 heavy (non-hydrogen) atoms. The monoisotopic (exact) mass is 323 g/mol. The minimum atomic E-state index is -0.664. The van der Waals surface area contributed by atoms with E-state index in [1.165, 1.54) is 0 Å². The van der Waals surface area contributed by atoms with E-state index < -0.39 is 6.10 Å². The Morgan fingerprint density at radius 3 is 2.83 bits per heavy atom. The van der Waals surface area contributed by atoms with E-state index in [0.717, 1.165) is 39.7 Å². The highest BCUT2D eigenvalue weighted by atomic mass is 79.9. The first-order valence-corrected chi connectivity index (χ1v) is 6.93. The number of rotatable bonds is 0. The summed E-state index contributed by atoms with van der Waals surface area (Å²) in [6.45, 7) is 0. The Balaban J connectivity index is 2.15. The van der Waals surface area contributed by atoms with E-state index in [-0.39, 0.29) is 0 Å². The number of aliphatic hydroxyl groups is 1. The van der Waals surface area contributed by atoms with Gasteiger partial charge in [0, 0.05) is 15.7 Å². The van der Waals surface area contributed by atoms with E-state index in [1.807, 2.05) is 24.3 Å². The molecule has 1 aromatic heterocycles. The summed E-state index contributed by atoms with van der Waals surface area (Å²) in [4.78, 5) is 4.35. The van der Waals surface area contributed by atoms with Gasteiger partial charge in [0.2, 0.25) is 0 Å². The van der Waals surface area contributed by atoms with E-state index in [1.54, 1.807) is 6.20 Å². The molecule has 1 aromatic carbocycles. The van der Waals surface area contributed by atoms with Gasteiger partial charge in [-0.15, -0.1) is 0 Å². The molecular formula is C14H11BrClNO. The maximum atomic E-state index is 10.5. The number of benzene rings is 1. The molecule has 1 atom stereocenters. The highest BCUT2D eigenvalue weighted by Crippen LogP contribution is 2.33. The highest BCUT2D eigenvalue weighted by molar-refractivity contribution is 9.10.